The molecule has 1 aromatic carbocycles. The first-order chi connectivity index (χ1) is 13.0. The summed E-state index contributed by atoms with van der Waals surface area (Å²) in [5.74, 6) is 1.53. The third-order valence-corrected chi connectivity index (χ3v) is 5.14. The maximum atomic E-state index is 10.4. The number of likely N-dealkylation sites (tertiary alicyclic amines) is 1. The number of methoxy groups -OCH3 is 1. The van der Waals surface area contributed by atoms with E-state index >= 15 is 0 Å². The van der Waals surface area contributed by atoms with Crippen molar-refractivity contribution in [2.75, 3.05) is 39.8 Å². The lowest BCUT2D eigenvalue weighted by Crippen LogP contribution is -2.49. The van der Waals surface area contributed by atoms with Gasteiger partial charge in [0.15, 0.2) is 5.96 Å². The number of ether oxygens (including phenoxy) is 1. The van der Waals surface area contributed by atoms with Crippen molar-refractivity contribution >= 4 is 29.9 Å². The van der Waals surface area contributed by atoms with Crippen LogP contribution in [0.2, 0.25) is 0 Å². The molecule has 0 spiro atoms. The summed E-state index contributed by atoms with van der Waals surface area (Å²) in [6.07, 6.45) is 3.29. The molecule has 1 aromatic rings. The quantitative estimate of drug-likeness (QED) is 0.288. The monoisotopic (exact) mass is 504 g/mol. The van der Waals surface area contributed by atoms with Gasteiger partial charge in [0.05, 0.1) is 19.8 Å². The Morgan fingerprint density at radius 2 is 1.82 bits per heavy atom. The Morgan fingerprint density at radius 1 is 1.18 bits per heavy atom. The van der Waals surface area contributed by atoms with Gasteiger partial charge in [-0.3, -0.25) is 9.89 Å². The van der Waals surface area contributed by atoms with Gasteiger partial charge < -0.3 is 20.5 Å². The summed E-state index contributed by atoms with van der Waals surface area (Å²) in [6.45, 7) is 10.8. The summed E-state index contributed by atoms with van der Waals surface area (Å²) in [7, 11) is 1.64. The Bertz CT molecular complexity index is 587. The molecule has 1 heterocycles. The van der Waals surface area contributed by atoms with Crippen molar-refractivity contribution in [1.82, 2.24) is 15.5 Å². The number of nitrogens with one attached hydrogen (secondary N) is 2. The maximum absolute atomic E-state index is 10.4. The average Bonchev–Trinajstić information content (AvgIpc) is 2.70. The smallest absolute Gasteiger partial charge is 0.191 e. The van der Waals surface area contributed by atoms with E-state index in [2.05, 4.69) is 29.4 Å². The Hall–Kier alpha value is -1.06. The van der Waals surface area contributed by atoms with Crippen LogP contribution in [0.3, 0.4) is 0 Å². The predicted molar refractivity (Wildman–Crippen MR) is 127 cm³/mol. The van der Waals surface area contributed by atoms with Crippen molar-refractivity contribution < 1.29 is 9.84 Å². The Morgan fingerprint density at radius 3 is 2.39 bits per heavy atom. The van der Waals surface area contributed by atoms with Crippen LogP contribution in [0.5, 0.6) is 5.75 Å². The molecule has 0 aliphatic carbocycles. The van der Waals surface area contributed by atoms with E-state index in [4.69, 9.17) is 9.73 Å². The zero-order chi connectivity index (χ0) is 19.7. The van der Waals surface area contributed by atoms with Crippen molar-refractivity contribution in [3.8, 4) is 5.75 Å². The SMILES string of the molecule is CCNC(=NCC(C)(C)N1CCCCC1)NCC(O)c1ccc(OC)cc1.I. The van der Waals surface area contributed by atoms with Crippen LogP contribution in [0.25, 0.3) is 0 Å². The van der Waals surface area contributed by atoms with Crippen LogP contribution < -0.4 is 15.4 Å². The Balaban J connectivity index is 0.00000392. The highest BCUT2D eigenvalue weighted by Gasteiger charge is 2.27. The van der Waals surface area contributed by atoms with Crippen molar-refractivity contribution in [2.45, 2.75) is 51.7 Å². The van der Waals surface area contributed by atoms with Gasteiger partial charge in [0.25, 0.3) is 0 Å². The molecular formula is C21H37IN4O2. The summed E-state index contributed by atoms with van der Waals surface area (Å²) in [5.41, 5.74) is 0.893. The molecule has 0 bridgehead atoms. The van der Waals surface area contributed by atoms with Gasteiger partial charge >= 0.3 is 0 Å². The van der Waals surface area contributed by atoms with Crippen LogP contribution in [-0.4, -0.2) is 61.3 Å². The number of rotatable bonds is 8. The van der Waals surface area contributed by atoms with Gasteiger partial charge in [0.2, 0.25) is 0 Å². The van der Waals surface area contributed by atoms with E-state index in [1.165, 1.54) is 19.3 Å². The molecule has 3 N–H and O–H groups in total. The van der Waals surface area contributed by atoms with Gasteiger partial charge in [0, 0.05) is 18.6 Å². The first-order valence-electron chi connectivity index (χ1n) is 10.1. The molecule has 28 heavy (non-hydrogen) atoms. The van der Waals surface area contributed by atoms with Crippen molar-refractivity contribution in [3.05, 3.63) is 29.8 Å². The molecular weight excluding hydrogens is 467 g/mol. The van der Waals surface area contributed by atoms with E-state index in [1.807, 2.05) is 31.2 Å². The standard InChI is InChI=1S/C21H36N4O2.HI/c1-5-22-20(24-16-21(2,3)25-13-7-6-8-14-25)23-15-19(26)17-9-11-18(27-4)12-10-17;/h9-12,19,26H,5-8,13-16H2,1-4H3,(H2,22,23,24);1H. The minimum atomic E-state index is -0.602. The first kappa shape index (κ1) is 25.0. The zero-order valence-corrected chi connectivity index (χ0v) is 20.0. The van der Waals surface area contributed by atoms with E-state index in [0.717, 1.165) is 43.5 Å². The number of aliphatic hydroxyl groups excluding tert-OH is 1. The number of hydrogen-bond donors (Lipinski definition) is 3. The van der Waals surface area contributed by atoms with Crippen molar-refractivity contribution in [2.24, 2.45) is 4.99 Å². The molecule has 7 heteroatoms. The molecule has 1 aliphatic heterocycles. The van der Waals surface area contributed by atoms with Crippen LogP contribution in [0.1, 0.15) is 51.7 Å². The number of guanidine groups is 1. The predicted octanol–water partition coefficient (Wildman–Crippen LogP) is 3.17. The summed E-state index contributed by atoms with van der Waals surface area (Å²) < 4.78 is 5.16. The van der Waals surface area contributed by atoms with Gasteiger partial charge in [-0.25, -0.2) is 0 Å². The molecule has 0 radical (unpaired) electrons. The average molecular weight is 504 g/mol. The number of aliphatic hydroxyl groups is 1. The normalized spacial score (nSPS) is 16.8. The lowest BCUT2D eigenvalue weighted by atomic mass is 9.99. The molecule has 6 nitrogen and oxygen atoms in total. The largest absolute Gasteiger partial charge is 0.497 e. The van der Waals surface area contributed by atoms with Crippen LogP contribution in [0.15, 0.2) is 29.3 Å². The highest BCUT2D eigenvalue weighted by atomic mass is 127. The summed E-state index contributed by atoms with van der Waals surface area (Å²) in [4.78, 5) is 7.31. The number of aliphatic imine (C=N–C) groups is 1. The number of halogens is 1. The fourth-order valence-corrected chi connectivity index (χ4v) is 3.35. The minimum absolute atomic E-state index is 0. The van der Waals surface area contributed by atoms with Crippen LogP contribution in [0, 0.1) is 0 Å². The van der Waals surface area contributed by atoms with Gasteiger partial charge in [0.1, 0.15) is 5.75 Å². The molecule has 0 amide bonds. The molecule has 1 unspecified atom stereocenters. The van der Waals surface area contributed by atoms with Crippen molar-refractivity contribution in [3.63, 3.8) is 0 Å². The molecule has 160 valence electrons. The van der Waals surface area contributed by atoms with Gasteiger partial charge in [-0.2, -0.15) is 0 Å². The second-order valence-electron chi connectivity index (χ2n) is 7.73. The second-order valence-corrected chi connectivity index (χ2v) is 7.73. The molecule has 0 saturated carbocycles. The minimum Gasteiger partial charge on any atom is -0.497 e. The van der Waals surface area contributed by atoms with Gasteiger partial charge in [-0.15, -0.1) is 24.0 Å². The second kappa shape index (κ2) is 12.5. The Labute approximate surface area is 187 Å². The molecule has 2 rings (SSSR count). The van der Waals surface area contributed by atoms with E-state index < -0.39 is 6.10 Å². The van der Waals surface area contributed by atoms with E-state index in [9.17, 15) is 5.11 Å². The lowest BCUT2D eigenvalue weighted by Gasteiger charge is -2.40. The highest BCUT2D eigenvalue weighted by Crippen LogP contribution is 2.21. The van der Waals surface area contributed by atoms with Crippen LogP contribution >= 0.6 is 24.0 Å². The highest BCUT2D eigenvalue weighted by molar-refractivity contribution is 14.0. The molecule has 1 aliphatic rings. The number of piperidine rings is 1. The molecule has 1 atom stereocenters. The third-order valence-electron chi connectivity index (χ3n) is 5.14. The third kappa shape index (κ3) is 7.75. The zero-order valence-electron chi connectivity index (χ0n) is 17.7. The van der Waals surface area contributed by atoms with Crippen LogP contribution in [0.4, 0.5) is 0 Å². The molecule has 0 aromatic heterocycles. The number of hydrogen-bond acceptors (Lipinski definition) is 4. The maximum Gasteiger partial charge on any atom is 0.191 e. The first-order valence-corrected chi connectivity index (χ1v) is 10.1. The Kier molecular flexibility index (Phi) is 11.1. The van der Waals surface area contributed by atoms with Crippen LogP contribution in [-0.2, 0) is 0 Å². The van der Waals surface area contributed by atoms with E-state index in [1.54, 1.807) is 7.11 Å². The number of benzene rings is 1. The lowest BCUT2D eigenvalue weighted by molar-refractivity contribution is 0.102. The molecule has 1 fully saturated rings. The summed E-state index contributed by atoms with van der Waals surface area (Å²) in [5, 5.41) is 17.0. The van der Waals surface area contributed by atoms with E-state index in [-0.39, 0.29) is 29.5 Å². The van der Waals surface area contributed by atoms with Gasteiger partial charge in [-0.05, 0) is 64.4 Å². The molecule has 1 saturated heterocycles. The fourth-order valence-electron chi connectivity index (χ4n) is 3.35. The summed E-state index contributed by atoms with van der Waals surface area (Å²) >= 11 is 0. The summed E-state index contributed by atoms with van der Waals surface area (Å²) in [6, 6.07) is 7.49. The topological polar surface area (TPSA) is 69.1 Å². The fraction of sp³-hybridized carbons (Fsp3) is 0.667. The number of nitrogens with zero attached hydrogens (tertiary/aromatic N) is 2. The van der Waals surface area contributed by atoms with Crippen molar-refractivity contribution in [1.29, 1.82) is 0 Å². The van der Waals surface area contributed by atoms with Gasteiger partial charge in [-0.1, -0.05) is 18.6 Å². The van der Waals surface area contributed by atoms with E-state index in [0.29, 0.717) is 6.54 Å².